The maximum atomic E-state index is 8.34. The number of nitrogens with zero attached hydrogens (tertiary/aromatic N) is 2. The molecule has 2 unspecified atom stereocenters. The fourth-order valence-electron chi connectivity index (χ4n) is 1.07. The van der Waals surface area contributed by atoms with E-state index in [1.165, 1.54) is 0 Å². The SMILES string of the molecule is CC(COCCC#N)OCC(C)OCCC#N. The zero-order chi connectivity index (χ0) is 12.9. The molecule has 0 rings (SSSR count). The number of rotatable bonds is 10. The summed E-state index contributed by atoms with van der Waals surface area (Å²) in [4.78, 5) is 0. The molecule has 0 amide bonds. The van der Waals surface area contributed by atoms with E-state index in [0.717, 1.165) is 0 Å². The second-order valence-corrected chi connectivity index (χ2v) is 3.72. The van der Waals surface area contributed by atoms with Gasteiger partial charge in [-0.1, -0.05) is 0 Å². The van der Waals surface area contributed by atoms with Gasteiger partial charge in [-0.2, -0.15) is 10.5 Å². The normalized spacial score (nSPS) is 13.6. The van der Waals surface area contributed by atoms with E-state index in [2.05, 4.69) is 0 Å². The molecule has 0 radical (unpaired) electrons. The van der Waals surface area contributed by atoms with Gasteiger partial charge in [0.25, 0.3) is 0 Å². The number of hydrogen-bond donors (Lipinski definition) is 0. The molecule has 0 aromatic heterocycles. The molecule has 0 aromatic carbocycles. The van der Waals surface area contributed by atoms with E-state index in [1.807, 2.05) is 26.0 Å². The van der Waals surface area contributed by atoms with Gasteiger partial charge in [0, 0.05) is 0 Å². The van der Waals surface area contributed by atoms with Crippen LogP contribution in [-0.4, -0.2) is 38.6 Å². The summed E-state index contributed by atoms with van der Waals surface area (Å²) >= 11 is 0. The van der Waals surface area contributed by atoms with Crippen LogP contribution < -0.4 is 0 Å². The van der Waals surface area contributed by atoms with Gasteiger partial charge in [-0.3, -0.25) is 0 Å². The lowest BCUT2D eigenvalue weighted by atomic mass is 10.4. The first-order chi connectivity index (χ1) is 8.20. The van der Waals surface area contributed by atoms with Gasteiger partial charge in [-0.15, -0.1) is 0 Å². The monoisotopic (exact) mass is 240 g/mol. The van der Waals surface area contributed by atoms with Crippen molar-refractivity contribution in [1.82, 2.24) is 0 Å². The van der Waals surface area contributed by atoms with Gasteiger partial charge in [0.1, 0.15) is 0 Å². The van der Waals surface area contributed by atoms with Crippen molar-refractivity contribution in [1.29, 1.82) is 10.5 Å². The second kappa shape index (κ2) is 11.3. The first-order valence-corrected chi connectivity index (χ1v) is 5.75. The summed E-state index contributed by atoms with van der Waals surface area (Å²) in [6, 6.07) is 4.02. The summed E-state index contributed by atoms with van der Waals surface area (Å²) < 4.78 is 16.1. The maximum absolute atomic E-state index is 8.34. The van der Waals surface area contributed by atoms with Crippen molar-refractivity contribution in [2.24, 2.45) is 0 Å². The minimum absolute atomic E-state index is 0.0179. The van der Waals surface area contributed by atoms with E-state index >= 15 is 0 Å². The zero-order valence-electron chi connectivity index (χ0n) is 10.5. The van der Waals surface area contributed by atoms with Gasteiger partial charge in [-0.05, 0) is 13.8 Å². The molecule has 0 spiro atoms. The van der Waals surface area contributed by atoms with Crippen LogP contribution in [0.3, 0.4) is 0 Å². The van der Waals surface area contributed by atoms with Gasteiger partial charge in [0.05, 0.1) is 63.6 Å². The predicted octanol–water partition coefficient (Wildman–Crippen LogP) is 1.64. The van der Waals surface area contributed by atoms with Crippen molar-refractivity contribution in [2.75, 3.05) is 26.4 Å². The Morgan fingerprint density at radius 1 is 0.882 bits per heavy atom. The summed E-state index contributed by atoms with van der Waals surface area (Å²) in [7, 11) is 0. The van der Waals surface area contributed by atoms with Gasteiger partial charge in [0.2, 0.25) is 0 Å². The minimum atomic E-state index is -0.0232. The molecule has 5 heteroatoms. The molecular formula is C12H20N2O3. The quantitative estimate of drug-likeness (QED) is 0.542. The summed E-state index contributed by atoms with van der Waals surface area (Å²) in [6.45, 7) is 5.66. The van der Waals surface area contributed by atoms with Crippen LogP contribution in [0.15, 0.2) is 0 Å². The standard InChI is InChI=1S/C12H20N2O3/c1-11(9-15-7-3-5-13)17-10-12(2)16-8-4-6-14/h11-12H,3-4,7-10H2,1-2H3. The van der Waals surface area contributed by atoms with E-state index in [1.54, 1.807) is 0 Å². The average molecular weight is 240 g/mol. The second-order valence-electron chi connectivity index (χ2n) is 3.72. The smallest absolute Gasteiger partial charge is 0.0781 e. The predicted molar refractivity (Wildman–Crippen MR) is 62.1 cm³/mol. The Morgan fingerprint density at radius 3 is 2.12 bits per heavy atom. The Hall–Kier alpha value is -1.14. The van der Waals surface area contributed by atoms with E-state index in [9.17, 15) is 0 Å². The van der Waals surface area contributed by atoms with Crippen LogP contribution in [0.1, 0.15) is 26.7 Å². The molecule has 0 aliphatic heterocycles. The maximum Gasteiger partial charge on any atom is 0.0781 e. The molecule has 0 aliphatic carbocycles. The summed E-state index contributed by atoms with van der Waals surface area (Å²) in [5.41, 5.74) is 0. The lowest BCUT2D eigenvalue weighted by molar-refractivity contribution is -0.0554. The molecular weight excluding hydrogens is 220 g/mol. The van der Waals surface area contributed by atoms with E-state index in [0.29, 0.717) is 39.3 Å². The Bertz CT molecular complexity index is 257. The van der Waals surface area contributed by atoms with Crippen LogP contribution in [-0.2, 0) is 14.2 Å². The third-order valence-corrected chi connectivity index (χ3v) is 1.94. The van der Waals surface area contributed by atoms with Crippen LogP contribution in [0, 0.1) is 22.7 Å². The molecule has 0 N–H and O–H groups in total. The first kappa shape index (κ1) is 15.9. The Kier molecular flexibility index (Phi) is 10.6. The fraction of sp³-hybridized carbons (Fsp3) is 0.833. The third kappa shape index (κ3) is 11.1. The molecule has 2 atom stereocenters. The van der Waals surface area contributed by atoms with Crippen molar-refractivity contribution in [3.8, 4) is 12.1 Å². The van der Waals surface area contributed by atoms with Crippen molar-refractivity contribution < 1.29 is 14.2 Å². The Morgan fingerprint density at radius 2 is 1.47 bits per heavy atom. The zero-order valence-corrected chi connectivity index (χ0v) is 10.5. The number of ether oxygens (including phenoxy) is 3. The molecule has 5 nitrogen and oxygen atoms in total. The molecule has 0 aromatic rings. The van der Waals surface area contributed by atoms with Crippen LogP contribution in [0.4, 0.5) is 0 Å². The highest BCUT2D eigenvalue weighted by Crippen LogP contribution is 1.98. The lowest BCUT2D eigenvalue weighted by Gasteiger charge is -2.17. The van der Waals surface area contributed by atoms with Gasteiger partial charge < -0.3 is 14.2 Å². The van der Waals surface area contributed by atoms with Crippen molar-refractivity contribution in [2.45, 2.75) is 38.9 Å². The summed E-state index contributed by atoms with van der Waals surface area (Å²) in [6.07, 6.45) is 0.762. The molecule has 0 heterocycles. The van der Waals surface area contributed by atoms with E-state index in [-0.39, 0.29) is 12.2 Å². The van der Waals surface area contributed by atoms with E-state index in [4.69, 9.17) is 24.7 Å². The fourth-order valence-corrected chi connectivity index (χ4v) is 1.07. The molecule has 0 bridgehead atoms. The minimum Gasteiger partial charge on any atom is -0.378 e. The van der Waals surface area contributed by atoms with Crippen LogP contribution >= 0.6 is 0 Å². The van der Waals surface area contributed by atoms with Crippen LogP contribution in [0.5, 0.6) is 0 Å². The van der Waals surface area contributed by atoms with Crippen LogP contribution in [0.25, 0.3) is 0 Å². The molecule has 96 valence electrons. The summed E-state index contributed by atoms with van der Waals surface area (Å²) in [5.74, 6) is 0. The number of hydrogen-bond acceptors (Lipinski definition) is 5. The highest BCUT2D eigenvalue weighted by Gasteiger charge is 2.07. The number of nitriles is 2. The lowest BCUT2D eigenvalue weighted by Crippen LogP contribution is -2.23. The van der Waals surface area contributed by atoms with Crippen molar-refractivity contribution in [3.63, 3.8) is 0 Å². The topological polar surface area (TPSA) is 75.3 Å². The van der Waals surface area contributed by atoms with Crippen molar-refractivity contribution in [3.05, 3.63) is 0 Å². The van der Waals surface area contributed by atoms with Gasteiger partial charge >= 0.3 is 0 Å². The van der Waals surface area contributed by atoms with E-state index < -0.39 is 0 Å². The van der Waals surface area contributed by atoms with Crippen LogP contribution in [0.2, 0.25) is 0 Å². The molecule has 0 aliphatic rings. The van der Waals surface area contributed by atoms with Gasteiger partial charge in [-0.25, -0.2) is 0 Å². The highest BCUT2D eigenvalue weighted by atomic mass is 16.6. The third-order valence-electron chi connectivity index (χ3n) is 1.94. The first-order valence-electron chi connectivity index (χ1n) is 5.75. The Labute approximate surface area is 103 Å². The molecule has 17 heavy (non-hydrogen) atoms. The Balaban J connectivity index is 3.39. The molecule has 0 saturated carbocycles. The summed E-state index contributed by atoms with van der Waals surface area (Å²) in [5, 5.41) is 16.6. The highest BCUT2D eigenvalue weighted by molar-refractivity contribution is 4.68. The largest absolute Gasteiger partial charge is 0.378 e. The molecule has 0 saturated heterocycles. The van der Waals surface area contributed by atoms with Crippen molar-refractivity contribution >= 4 is 0 Å². The average Bonchev–Trinajstić information content (AvgIpc) is 2.32. The molecule has 0 fully saturated rings. The van der Waals surface area contributed by atoms with Gasteiger partial charge in [0.15, 0.2) is 0 Å².